The van der Waals surface area contributed by atoms with Gasteiger partial charge in [0.1, 0.15) is 23.0 Å². The number of halogens is 1. The zero-order chi connectivity index (χ0) is 24.9. The van der Waals surface area contributed by atoms with Crippen LogP contribution in [-0.2, 0) is 21.4 Å². The number of carboxylic acids is 1. The number of aromatic carboxylic acids is 1. The number of rotatable bonds is 9. The molecule has 1 heterocycles. The lowest BCUT2D eigenvalue weighted by Crippen LogP contribution is -2.31. The Bertz CT molecular complexity index is 1370. The molecule has 2 N–H and O–H groups in total. The fourth-order valence-corrected chi connectivity index (χ4v) is 5.36. The van der Waals surface area contributed by atoms with Crippen LogP contribution in [0.2, 0.25) is 0 Å². The third kappa shape index (κ3) is 5.30. The van der Waals surface area contributed by atoms with Crippen LogP contribution in [0, 0.1) is 17.1 Å². The minimum atomic E-state index is -4.47. The van der Waals surface area contributed by atoms with Gasteiger partial charge in [-0.3, -0.25) is 9.10 Å². The van der Waals surface area contributed by atoms with Crippen molar-refractivity contribution in [1.82, 2.24) is 4.98 Å². The molecule has 0 bridgehead atoms. The molecule has 3 aromatic rings. The maximum absolute atomic E-state index is 14.6. The lowest BCUT2D eigenvalue weighted by atomic mass is 10.2. The van der Waals surface area contributed by atoms with Gasteiger partial charge in [0.15, 0.2) is 5.69 Å². The quantitative estimate of drug-likeness (QED) is 0.451. The number of carbonyl (C=O) groups is 2. The summed E-state index contributed by atoms with van der Waals surface area (Å²) in [7, 11) is -2.99. The van der Waals surface area contributed by atoms with Gasteiger partial charge < -0.3 is 15.2 Å². The summed E-state index contributed by atoms with van der Waals surface area (Å²) in [4.78, 5) is 26.5. The minimum Gasteiger partial charge on any atom is -0.497 e. The highest BCUT2D eigenvalue weighted by Gasteiger charge is 2.31. The van der Waals surface area contributed by atoms with Crippen LogP contribution < -0.4 is 14.4 Å². The van der Waals surface area contributed by atoms with Crippen LogP contribution in [0.3, 0.4) is 0 Å². The number of ether oxygens (including phenoxy) is 1. The monoisotopic (exact) mass is 504 g/mol. The molecule has 0 aliphatic heterocycles. The number of nitriles is 1. The number of nitrogens with zero attached hydrogens (tertiary/aromatic N) is 3. The first kappa shape index (κ1) is 24.6. The van der Waals surface area contributed by atoms with Crippen LogP contribution in [0.1, 0.15) is 22.5 Å². The Balaban J connectivity index is 2.04. The van der Waals surface area contributed by atoms with Crippen molar-refractivity contribution in [3.05, 3.63) is 65.0 Å². The second-order valence-corrected chi connectivity index (χ2v) is 9.39. The van der Waals surface area contributed by atoms with Gasteiger partial charge in [-0.2, -0.15) is 5.26 Å². The normalized spacial score (nSPS) is 10.9. The van der Waals surface area contributed by atoms with Gasteiger partial charge in [-0.15, -0.1) is 11.3 Å². The summed E-state index contributed by atoms with van der Waals surface area (Å²) >= 11 is 0.804. The van der Waals surface area contributed by atoms with Crippen LogP contribution in [0.5, 0.6) is 5.75 Å². The van der Waals surface area contributed by atoms with Gasteiger partial charge in [0.05, 0.1) is 35.8 Å². The summed E-state index contributed by atoms with van der Waals surface area (Å²) in [6.07, 6.45) is -0.502. The molecule has 0 atom stereocenters. The number of aromatic nitrogens is 1. The van der Waals surface area contributed by atoms with Crippen molar-refractivity contribution in [3.8, 4) is 11.8 Å². The molecule has 3 rings (SSSR count). The maximum atomic E-state index is 14.6. The highest BCUT2D eigenvalue weighted by Crippen LogP contribution is 2.33. The molecule has 0 fully saturated rings. The smallest absolute Gasteiger partial charge is 0.357 e. The predicted octanol–water partition coefficient (Wildman–Crippen LogP) is 3.24. The van der Waals surface area contributed by atoms with Crippen molar-refractivity contribution in [1.29, 1.82) is 5.26 Å². The Hall–Kier alpha value is -4.02. The molecular weight excluding hydrogens is 487 g/mol. The van der Waals surface area contributed by atoms with Crippen LogP contribution in [0.4, 0.5) is 15.1 Å². The van der Waals surface area contributed by atoms with Gasteiger partial charge in [0, 0.05) is 0 Å². The molecule has 0 unspecified atom stereocenters. The summed E-state index contributed by atoms with van der Waals surface area (Å²) < 4.78 is 47.6. The van der Waals surface area contributed by atoms with E-state index in [0.717, 1.165) is 27.8 Å². The Morgan fingerprint density at radius 3 is 2.56 bits per heavy atom. The Morgan fingerprint density at radius 2 is 1.97 bits per heavy atom. The standard InChI is InChI=1S/C21H17FN4O6S2/c1-32-14-4-2-13(3-5-14)11-26(20-19(21(28)29)24-12-33-20)34(30,31)15-6-7-17(16(22)10-15)25-18(27)8-9-23/h2-7,10,12H,8,11H2,1H3,(H,25,27)(H,28,29). The van der Waals surface area contributed by atoms with E-state index < -0.39 is 44.7 Å². The highest BCUT2D eigenvalue weighted by atomic mass is 32.2. The SMILES string of the molecule is COc1ccc(CN(c2scnc2C(=O)O)S(=O)(=O)c2ccc(NC(=O)CC#N)c(F)c2)cc1. The predicted molar refractivity (Wildman–Crippen MR) is 121 cm³/mol. The molecule has 0 aliphatic rings. The van der Waals surface area contributed by atoms with Crippen molar-refractivity contribution in [3.63, 3.8) is 0 Å². The molecule has 0 saturated heterocycles. The molecule has 0 aliphatic carbocycles. The molecular formula is C21H17FN4O6S2. The average molecular weight is 505 g/mol. The van der Waals surface area contributed by atoms with E-state index in [1.165, 1.54) is 12.6 Å². The lowest BCUT2D eigenvalue weighted by Gasteiger charge is -2.23. The van der Waals surface area contributed by atoms with E-state index in [1.807, 2.05) is 0 Å². The van der Waals surface area contributed by atoms with Crippen molar-refractivity contribution in [2.24, 2.45) is 0 Å². The summed E-state index contributed by atoms with van der Waals surface area (Å²) in [6, 6.07) is 10.9. The average Bonchev–Trinajstić information content (AvgIpc) is 3.29. The van der Waals surface area contributed by atoms with E-state index in [1.54, 1.807) is 30.3 Å². The zero-order valence-corrected chi connectivity index (χ0v) is 19.2. The van der Waals surface area contributed by atoms with E-state index in [2.05, 4.69) is 10.3 Å². The Kier molecular flexibility index (Phi) is 7.44. The molecule has 176 valence electrons. The zero-order valence-electron chi connectivity index (χ0n) is 17.6. The molecule has 34 heavy (non-hydrogen) atoms. The molecule has 0 radical (unpaired) electrons. The van der Waals surface area contributed by atoms with E-state index >= 15 is 0 Å². The van der Waals surface area contributed by atoms with E-state index in [9.17, 15) is 27.5 Å². The second kappa shape index (κ2) is 10.3. The summed E-state index contributed by atoms with van der Waals surface area (Å²) in [5.41, 5.74) is 0.937. The lowest BCUT2D eigenvalue weighted by molar-refractivity contribution is -0.115. The first-order chi connectivity index (χ1) is 16.2. The number of hydrogen-bond donors (Lipinski definition) is 2. The first-order valence-corrected chi connectivity index (χ1v) is 11.8. The number of benzene rings is 2. The number of anilines is 2. The molecule has 2 aromatic carbocycles. The molecule has 10 nitrogen and oxygen atoms in total. The third-order valence-electron chi connectivity index (χ3n) is 4.51. The van der Waals surface area contributed by atoms with Crippen molar-refractivity contribution < 1.29 is 32.2 Å². The number of nitrogens with one attached hydrogen (secondary N) is 1. The number of thiazole rings is 1. The van der Waals surface area contributed by atoms with Crippen LogP contribution in [-0.4, -0.2) is 37.5 Å². The van der Waals surface area contributed by atoms with Crippen molar-refractivity contribution >= 4 is 43.9 Å². The minimum absolute atomic E-state index is 0.157. The van der Waals surface area contributed by atoms with Crippen molar-refractivity contribution in [2.45, 2.75) is 17.9 Å². The number of carboxylic acid groups (broad SMARTS) is 1. The Morgan fingerprint density at radius 1 is 1.26 bits per heavy atom. The van der Waals surface area contributed by atoms with E-state index in [-0.39, 0.29) is 17.2 Å². The fourth-order valence-electron chi connectivity index (χ4n) is 2.88. The molecule has 1 amide bonds. The van der Waals surface area contributed by atoms with Gasteiger partial charge >= 0.3 is 5.97 Å². The Labute approximate surface area is 197 Å². The summed E-state index contributed by atoms with van der Waals surface area (Å²) in [5, 5.41) is 20.0. The molecule has 0 spiro atoms. The van der Waals surface area contributed by atoms with Gasteiger partial charge in [-0.1, -0.05) is 12.1 Å². The highest BCUT2D eigenvalue weighted by molar-refractivity contribution is 7.93. The van der Waals surface area contributed by atoms with Crippen molar-refractivity contribution in [2.75, 3.05) is 16.7 Å². The number of carbonyl (C=O) groups excluding carboxylic acids is 1. The van der Waals surface area contributed by atoms with Crippen LogP contribution >= 0.6 is 11.3 Å². The number of hydrogen-bond acceptors (Lipinski definition) is 8. The van der Waals surface area contributed by atoms with Gasteiger partial charge in [0.2, 0.25) is 5.91 Å². The summed E-state index contributed by atoms with van der Waals surface area (Å²) in [6.45, 7) is -0.267. The van der Waals surface area contributed by atoms with E-state index in [4.69, 9.17) is 10.00 Å². The van der Waals surface area contributed by atoms with Gasteiger partial charge in [0.25, 0.3) is 10.0 Å². The maximum Gasteiger partial charge on any atom is 0.357 e. The second-order valence-electron chi connectivity index (χ2n) is 6.70. The first-order valence-electron chi connectivity index (χ1n) is 9.46. The molecule has 1 aromatic heterocycles. The van der Waals surface area contributed by atoms with Gasteiger partial charge in [-0.25, -0.2) is 22.6 Å². The number of sulfonamides is 1. The fraction of sp³-hybridized carbons (Fsp3) is 0.143. The summed E-state index contributed by atoms with van der Waals surface area (Å²) in [5.74, 6) is -2.68. The largest absolute Gasteiger partial charge is 0.497 e. The number of amides is 1. The van der Waals surface area contributed by atoms with Crippen LogP contribution in [0.15, 0.2) is 52.9 Å². The van der Waals surface area contributed by atoms with E-state index in [0.29, 0.717) is 17.4 Å². The van der Waals surface area contributed by atoms with Crippen LogP contribution in [0.25, 0.3) is 0 Å². The molecule has 13 heteroatoms. The third-order valence-corrected chi connectivity index (χ3v) is 7.21. The number of methoxy groups -OCH3 is 1. The van der Waals surface area contributed by atoms with Gasteiger partial charge in [-0.05, 0) is 35.9 Å². The topological polar surface area (TPSA) is 150 Å². The molecule has 0 saturated carbocycles.